The number of hydrogen-bond donors (Lipinski definition) is 1. The number of nitrogens with zero attached hydrogens (tertiary/aromatic N) is 1. The molecule has 1 aromatic carbocycles. The van der Waals surface area contributed by atoms with Crippen LogP contribution < -0.4 is 10.2 Å². The van der Waals surface area contributed by atoms with Gasteiger partial charge in [0.05, 0.1) is 12.2 Å². The molecule has 0 heterocycles. The number of rotatable bonds is 4. The molecule has 1 saturated carbocycles. The van der Waals surface area contributed by atoms with E-state index >= 15 is 0 Å². The predicted octanol–water partition coefficient (Wildman–Crippen LogP) is 2.30. The summed E-state index contributed by atoms with van der Waals surface area (Å²) < 4.78 is 14.3. The van der Waals surface area contributed by atoms with Gasteiger partial charge >= 0.3 is 0 Å². The van der Waals surface area contributed by atoms with Crippen LogP contribution in [0.5, 0.6) is 0 Å². The second-order valence-electron chi connectivity index (χ2n) is 4.20. The molecule has 1 fully saturated rings. The highest BCUT2D eigenvalue weighted by Gasteiger charge is 2.23. The van der Waals surface area contributed by atoms with E-state index in [4.69, 9.17) is 0 Å². The summed E-state index contributed by atoms with van der Waals surface area (Å²) in [6, 6.07) is 5.03. The molecular formula is C12H14BrFN2O. The predicted molar refractivity (Wildman–Crippen MR) is 68.5 cm³/mol. The number of benzene rings is 1. The van der Waals surface area contributed by atoms with Crippen molar-refractivity contribution in [1.82, 2.24) is 5.32 Å². The fourth-order valence-electron chi connectivity index (χ4n) is 1.51. The van der Waals surface area contributed by atoms with Crippen molar-refractivity contribution in [2.75, 3.05) is 18.5 Å². The lowest BCUT2D eigenvalue weighted by atomic mass is 10.3. The van der Waals surface area contributed by atoms with Gasteiger partial charge in [-0.15, -0.1) is 0 Å². The Bertz CT molecular complexity index is 435. The van der Waals surface area contributed by atoms with E-state index in [1.54, 1.807) is 19.2 Å². The highest BCUT2D eigenvalue weighted by atomic mass is 79.9. The van der Waals surface area contributed by atoms with Gasteiger partial charge < -0.3 is 10.2 Å². The topological polar surface area (TPSA) is 32.3 Å². The van der Waals surface area contributed by atoms with Gasteiger partial charge in [0.2, 0.25) is 5.91 Å². The zero-order chi connectivity index (χ0) is 12.4. The normalized spacial score (nSPS) is 14.8. The number of halogens is 2. The Morgan fingerprint density at radius 1 is 1.59 bits per heavy atom. The molecule has 1 aliphatic rings. The molecule has 92 valence electrons. The average molecular weight is 301 g/mol. The van der Waals surface area contributed by atoms with Crippen molar-refractivity contribution in [2.24, 2.45) is 0 Å². The van der Waals surface area contributed by atoms with Gasteiger partial charge in [-0.3, -0.25) is 4.79 Å². The summed E-state index contributed by atoms with van der Waals surface area (Å²) in [7, 11) is 1.59. The van der Waals surface area contributed by atoms with E-state index in [1.807, 2.05) is 0 Å². The largest absolute Gasteiger partial charge is 0.312 e. The van der Waals surface area contributed by atoms with Crippen LogP contribution in [-0.2, 0) is 4.79 Å². The van der Waals surface area contributed by atoms with Crippen molar-refractivity contribution in [3.05, 3.63) is 28.5 Å². The van der Waals surface area contributed by atoms with E-state index in [0.29, 0.717) is 11.7 Å². The summed E-state index contributed by atoms with van der Waals surface area (Å²) in [6.45, 7) is 0.257. The lowest BCUT2D eigenvalue weighted by molar-refractivity contribution is -0.117. The molecule has 1 aromatic rings. The third-order valence-electron chi connectivity index (χ3n) is 2.76. The monoisotopic (exact) mass is 300 g/mol. The number of amides is 1. The van der Waals surface area contributed by atoms with Crippen LogP contribution in [0.3, 0.4) is 0 Å². The van der Waals surface area contributed by atoms with Crippen molar-refractivity contribution in [1.29, 1.82) is 0 Å². The van der Waals surface area contributed by atoms with Gasteiger partial charge in [0.1, 0.15) is 5.82 Å². The first-order chi connectivity index (χ1) is 8.08. The molecule has 0 aromatic heterocycles. The van der Waals surface area contributed by atoms with Crippen LogP contribution in [0.15, 0.2) is 22.7 Å². The Morgan fingerprint density at radius 2 is 2.29 bits per heavy atom. The zero-order valence-electron chi connectivity index (χ0n) is 9.54. The van der Waals surface area contributed by atoms with E-state index < -0.39 is 5.82 Å². The van der Waals surface area contributed by atoms with E-state index in [9.17, 15) is 9.18 Å². The van der Waals surface area contributed by atoms with Crippen molar-refractivity contribution in [3.63, 3.8) is 0 Å². The molecular weight excluding hydrogens is 287 g/mol. The second-order valence-corrected chi connectivity index (χ2v) is 5.12. The molecule has 5 heteroatoms. The van der Waals surface area contributed by atoms with E-state index in [2.05, 4.69) is 21.2 Å². The Balaban J connectivity index is 2.03. The second kappa shape index (κ2) is 5.14. The van der Waals surface area contributed by atoms with Crippen LogP contribution in [0.2, 0.25) is 0 Å². The number of anilines is 1. The van der Waals surface area contributed by atoms with Crippen LogP contribution in [0, 0.1) is 5.82 Å². The fraction of sp³-hybridized carbons (Fsp3) is 0.417. The first kappa shape index (κ1) is 12.5. The number of carbonyl (C=O) groups excluding carboxylic acids is 1. The molecule has 0 atom stereocenters. The Hall–Kier alpha value is -0.940. The van der Waals surface area contributed by atoms with Crippen LogP contribution in [0.4, 0.5) is 10.1 Å². The van der Waals surface area contributed by atoms with Gasteiger partial charge in [-0.1, -0.05) is 15.9 Å². The van der Waals surface area contributed by atoms with E-state index in [-0.39, 0.29) is 12.5 Å². The minimum absolute atomic E-state index is 0.131. The maximum absolute atomic E-state index is 13.6. The molecule has 0 bridgehead atoms. The summed E-state index contributed by atoms with van der Waals surface area (Å²) in [5, 5.41) is 3.12. The van der Waals surface area contributed by atoms with Crippen LogP contribution >= 0.6 is 15.9 Å². The van der Waals surface area contributed by atoms with Crippen molar-refractivity contribution in [3.8, 4) is 0 Å². The Morgan fingerprint density at radius 3 is 2.94 bits per heavy atom. The Kier molecular flexibility index (Phi) is 3.79. The minimum Gasteiger partial charge on any atom is -0.312 e. The molecule has 1 amide bonds. The lowest BCUT2D eigenvalue weighted by Gasteiger charge is -2.18. The SMILES string of the molecule is CN(C(=O)CNC1CC1)c1cc(Br)ccc1F. The average Bonchev–Trinajstić information content (AvgIpc) is 3.12. The summed E-state index contributed by atoms with van der Waals surface area (Å²) >= 11 is 3.27. The highest BCUT2D eigenvalue weighted by molar-refractivity contribution is 9.10. The summed E-state index contributed by atoms with van der Waals surface area (Å²) in [5.41, 5.74) is 0.293. The molecule has 1 aliphatic carbocycles. The highest BCUT2D eigenvalue weighted by Crippen LogP contribution is 2.23. The summed E-state index contributed by atoms with van der Waals surface area (Å²) in [4.78, 5) is 13.2. The van der Waals surface area contributed by atoms with E-state index in [0.717, 1.165) is 17.3 Å². The summed E-state index contributed by atoms with van der Waals surface area (Å²) in [6.07, 6.45) is 2.25. The van der Waals surface area contributed by atoms with Gasteiger partial charge in [-0.25, -0.2) is 4.39 Å². The number of likely N-dealkylation sites (N-methyl/N-ethyl adjacent to an activating group) is 1. The smallest absolute Gasteiger partial charge is 0.240 e. The third-order valence-corrected chi connectivity index (χ3v) is 3.26. The van der Waals surface area contributed by atoms with Crippen molar-refractivity contribution >= 4 is 27.5 Å². The molecule has 1 N–H and O–H groups in total. The van der Waals surface area contributed by atoms with Crippen LogP contribution in [0.1, 0.15) is 12.8 Å². The molecule has 0 saturated heterocycles. The quantitative estimate of drug-likeness (QED) is 0.925. The van der Waals surface area contributed by atoms with Gasteiger partial charge in [0, 0.05) is 17.6 Å². The standard InChI is InChI=1S/C12H14BrFN2O/c1-16(12(17)7-15-9-3-4-9)11-6-8(13)2-5-10(11)14/h2,5-6,9,15H,3-4,7H2,1H3. The molecule has 0 radical (unpaired) electrons. The number of carbonyl (C=O) groups is 1. The first-order valence-corrected chi connectivity index (χ1v) is 6.32. The molecule has 0 spiro atoms. The lowest BCUT2D eigenvalue weighted by Crippen LogP contribution is -2.36. The number of nitrogens with one attached hydrogen (secondary N) is 1. The van der Waals surface area contributed by atoms with Gasteiger partial charge in [0.25, 0.3) is 0 Å². The number of hydrogen-bond acceptors (Lipinski definition) is 2. The molecule has 17 heavy (non-hydrogen) atoms. The zero-order valence-corrected chi connectivity index (χ0v) is 11.1. The first-order valence-electron chi connectivity index (χ1n) is 5.53. The maximum Gasteiger partial charge on any atom is 0.240 e. The van der Waals surface area contributed by atoms with Gasteiger partial charge in [-0.05, 0) is 31.0 Å². The molecule has 3 nitrogen and oxygen atoms in total. The Labute approximate surface area is 108 Å². The van der Waals surface area contributed by atoms with Crippen LogP contribution in [-0.4, -0.2) is 25.5 Å². The van der Waals surface area contributed by atoms with Crippen molar-refractivity contribution in [2.45, 2.75) is 18.9 Å². The van der Waals surface area contributed by atoms with Gasteiger partial charge in [-0.2, -0.15) is 0 Å². The van der Waals surface area contributed by atoms with Crippen LogP contribution in [0.25, 0.3) is 0 Å². The molecule has 0 aliphatic heterocycles. The summed E-state index contributed by atoms with van der Waals surface area (Å²) in [5.74, 6) is -0.524. The molecule has 2 rings (SSSR count). The molecule has 0 unspecified atom stereocenters. The maximum atomic E-state index is 13.6. The fourth-order valence-corrected chi connectivity index (χ4v) is 1.86. The van der Waals surface area contributed by atoms with Gasteiger partial charge in [0.15, 0.2) is 0 Å². The van der Waals surface area contributed by atoms with Crippen molar-refractivity contribution < 1.29 is 9.18 Å². The van der Waals surface area contributed by atoms with E-state index in [1.165, 1.54) is 11.0 Å². The third kappa shape index (κ3) is 3.26. The minimum atomic E-state index is -0.393.